The first-order valence-corrected chi connectivity index (χ1v) is 10.3. The van der Waals surface area contributed by atoms with Gasteiger partial charge in [-0.1, -0.05) is 6.07 Å². The van der Waals surface area contributed by atoms with Crippen molar-refractivity contribution in [3.05, 3.63) is 29.3 Å². The van der Waals surface area contributed by atoms with Gasteiger partial charge < -0.3 is 10.0 Å². The fourth-order valence-corrected chi connectivity index (χ4v) is 5.26. The number of nitrogens with zero attached hydrogens (tertiary/aromatic N) is 2. The number of rotatable bonds is 3. The van der Waals surface area contributed by atoms with Crippen LogP contribution in [-0.2, 0) is 32.5 Å². The van der Waals surface area contributed by atoms with Gasteiger partial charge in [0.2, 0.25) is 15.9 Å². The molecule has 1 unspecified atom stereocenters. The molecular weight excluding hydrogens is 356 g/mol. The van der Waals surface area contributed by atoms with Crippen LogP contribution in [0.3, 0.4) is 0 Å². The van der Waals surface area contributed by atoms with Crippen molar-refractivity contribution in [2.24, 2.45) is 5.92 Å². The number of carboxylic acids is 1. The van der Waals surface area contributed by atoms with Crippen molar-refractivity contribution in [3.63, 3.8) is 0 Å². The summed E-state index contributed by atoms with van der Waals surface area (Å²) in [6, 6.07) is 5.12. The van der Waals surface area contributed by atoms with Crippen LogP contribution >= 0.6 is 0 Å². The smallest absolute Gasteiger partial charge is 0.307 e. The second kappa shape index (κ2) is 7.36. The number of sulfonamides is 1. The number of carbonyl (C=O) groups is 2. The summed E-state index contributed by atoms with van der Waals surface area (Å²) in [4.78, 5) is 24.8. The number of carbonyl (C=O) groups excluding carboxylic acids is 1. The number of benzene rings is 1. The highest BCUT2D eigenvalue weighted by molar-refractivity contribution is 7.89. The number of piperidine rings is 1. The molecule has 0 bridgehead atoms. The Morgan fingerprint density at radius 3 is 2.46 bits per heavy atom. The minimum atomic E-state index is -3.71. The third-order valence-corrected chi connectivity index (χ3v) is 7.16. The van der Waals surface area contributed by atoms with E-state index in [9.17, 15) is 23.1 Å². The summed E-state index contributed by atoms with van der Waals surface area (Å²) >= 11 is 0. The zero-order valence-electron chi connectivity index (χ0n) is 14.8. The Hall–Kier alpha value is -1.93. The third kappa shape index (κ3) is 3.76. The lowest BCUT2D eigenvalue weighted by Crippen LogP contribution is -2.42. The third-order valence-electron chi connectivity index (χ3n) is 5.30. The Balaban J connectivity index is 1.84. The molecule has 0 radical (unpaired) electrons. The van der Waals surface area contributed by atoms with E-state index >= 15 is 0 Å². The fraction of sp³-hybridized carbons (Fsp3) is 0.556. The molecule has 26 heavy (non-hydrogen) atoms. The van der Waals surface area contributed by atoms with E-state index in [1.54, 1.807) is 24.0 Å². The van der Waals surface area contributed by atoms with Crippen LogP contribution in [0.2, 0.25) is 0 Å². The molecule has 2 aliphatic rings. The van der Waals surface area contributed by atoms with E-state index in [1.807, 2.05) is 6.07 Å². The first-order valence-electron chi connectivity index (χ1n) is 8.89. The molecule has 1 N–H and O–H groups in total. The van der Waals surface area contributed by atoms with Crippen LogP contribution in [0.5, 0.6) is 0 Å². The van der Waals surface area contributed by atoms with E-state index in [-0.39, 0.29) is 17.3 Å². The predicted molar refractivity (Wildman–Crippen MR) is 95.2 cm³/mol. The van der Waals surface area contributed by atoms with E-state index in [0.29, 0.717) is 45.3 Å². The van der Waals surface area contributed by atoms with Crippen LogP contribution < -0.4 is 0 Å². The molecule has 1 fully saturated rings. The SMILES string of the molecule is CC(=O)N1CCc2ccc(S(=O)(=O)N3CCCC(C(=O)O)C3)cc2CC1. The molecule has 1 aromatic carbocycles. The Morgan fingerprint density at radius 1 is 1.12 bits per heavy atom. The maximum Gasteiger partial charge on any atom is 0.307 e. The maximum atomic E-state index is 13.0. The van der Waals surface area contributed by atoms with Gasteiger partial charge >= 0.3 is 5.97 Å². The van der Waals surface area contributed by atoms with Gasteiger partial charge in [0.05, 0.1) is 10.8 Å². The van der Waals surface area contributed by atoms with Gasteiger partial charge in [-0.3, -0.25) is 9.59 Å². The predicted octanol–water partition coefficient (Wildman–Crippen LogP) is 1.12. The fourth-order valence-electron chi connectivity index (χ4n) is 3.69. The van der Waals surface area contributed by atoms with Crippen LogP contribution in [0.1, 0.15) is 30.9 Å². The molecule has 1 amide bonds. The lowest BCUT2D eigenvalue weighted by Gasteiger charge is -2.30. The normalized spacial score (nSPS) is 21.7. The van der Waals surface area contributed by atoms with Crippen molar-refractivity contribution in [1.82, 2.24) is 9.21 Å². The summed E-state index contributed by atoms with van der Waals surface area (Å²) in [6.45, 7) is 3.13. The maximum absolute atomic E-state index is 13.0. The van der Waals surface area contributed by atoms with E-state index < -0.39 is 21.9 Å². The molecule has 2 heterocycles. The van der Waals surface area contributed by atoms with Gasteiger partial charge in [-0.05, 0) is 48.9 Å². The molecule has 0 aromatic heterocycles. The van der Waals surface area contributed by atoms with Gasteiger partial charge in [0.15, 0.2) is 0 Å². The first kappa shape index (κ1) is 18.8. The molecule has 0 saturated carbocycles. The zero-order valence-corrected chi connectivity index (χ0v) is 15.7. The standard InChI is InChI=1S/C18H24N2O5S/c1-13(21)19-9-6-14-4-5-17(11-15(14)7-10-19)26(24,25)20-8-2-3-16(12-20)18(22)23/h4-5,11,16H,2-3,6-10,12H2,1H3,(H,22,23). The average molecular weight is 380 g/mol. The molecule has 142 valence electrons. The highest BCUT2D eigenvalue weighted by Gasteiger charge is 2.33. The van der Waals surface area contributed by atoms with Crippen LogP contribution in [-0.4, -0.2) is 60.8 Å². The van der Waals surface area contributed by atoms with Crippen LogP contribution in [0.25, 0.3) is 0 Å². The van der Waals surface area contributed by atoms with E-state index in [1.165, 1.54) is 4.31 Å². The second-order valence-electron chi connectivity index (χ2n) is 6.98. The number of amides is 1. The van der Waals surface area contributed by atoms with Gasteiger partial charge in [-0.15, -0.1) is 0 Å². The molecule has 1 saturated heterocycles. The highest BCUT2D eigenvalue weighted by atomic mass is 32.2. The van der Waals surface area contributed by atoms with Gasteiger partial charge in [0.25, 0.3) is 0 Å². The topological polar surface area (TPSA) is 95.0 Å². The summed E-state index contributed by atoms with van der Waals surface area (Å²) in [6.07, 6.45) is 2.39. The van der Waals surface area contributed by atoms with Crippen molar-refractivity contribution in [3.8, 4) is 0 Å². The minimum absolute atomic E-state index is 0.0207. The summed E-state index contributed by atoms with van der Waals surface area (Å²) in [7, 11) is -3.71. The lowest BCUT2D eigenvalue weighted by atomic mass is 10.0. The number of hydrogen-bond donors (Lipinski definition) is 1. The minimum Gasteiger partial charge on any atom is -0.481 e. The van der Waals surface area contributed by atoms with Gasteiger partial charge in [-0.25, -0.2) is 8.42 Å². The number of carboxylic acid groups (broad SMARTS) is 1. The van der Waals surface area contributed by atoms with Gasteiger partial charge in [-0.2, -0.15) is 4.31 Å². The van der Waals surface area contributed by atoms with Crippen LogP contribution in [0.4, 0.5) is 0 Å². The molecular formula is C18H24N2O5S. The summed E-state index contributed by atoms with van der Waals surface area (Å²) in [5, 5.41) is 9.20. The molecule has 0 spiro atoms. The highest BCUT2D eigenvalue weighted by Crippen LogP contribution is 2.26. The van der Waals surface area contributed by atoms with Crippen molar-refractivity contribution in [2.75, 3.05) is 26.2 Å². The van der Waals surface area contributed by atoms with Crippen LogP contribution in [0, 0.1) is 5.92 Å². The molecule has 1 atom stereocenters. The van der Waals surface area contributed by atoms with Crippen LogP contribution in [0.15, 0.2) is 23.1 Å². The van der Waals surface area contributed by atoms with E-state index in [2.05, 4.69) is 0 Å². The van der Waals surface area contributed by atoms with Gasteiger partial charge in [0, 0.05) is 33.1 Å². The quantitative estimate of drug-likeness (QED) is 0.848. The van der Waals surface area contributed by atoms with Crippen molar-refractivity contribution < 1.29 is 23.1 Å². The molecule has 1 aromatic rings. The molecule has 8 heteroatoms. The number of hydrogen-bond acceptors (Lipinski definition) is 4. The lowest BCUT2D eigenvalue weighted by molar-refractivity contribution is -0.142. The van der Waals surface area contributed by atoms with Crippen molar-refractivity contribution in [2.45, 2.75) is 37.5 Å². The molecule has 3 rings (SSSR count). The van der Waals surface area contributed by atoms with Crippen molar-refractivity contribution in [1.29, 1.82) is 0 Å². The largest absolute Gasteiger partial charge is 0.481 e. The number of aliphatic carboxylic acids is 1. The Morgan fingerprint density at radius 2 is 1.81 bits per heavy atom. The monoisotopic (exact) mass is 380 g/mol. The average Bonchev–Trinajstić information content (AvgIpc) is 2.83. The van der Waals surface area contributed by atoms with E-state index in [0.717, 1.165) is 11.1 Å². The van der Waals surface area contributed by atoms with Crippen molar-refractivity contribution >= 4 is 21.9 Å². The molecule has 7 nitrogen and oxygen atoms in total. The summed E-state index contributed by atoms with van der Waals surface area (Å²) < 4.78 is 27.2. The first-order chi connectivity index (χ1) is 12.3. The Labute approximate surface area is 153 Å². The van der Waals surface area contributed by atoms with E-state index in [4.69, 9.17) is 0 Å². The number of fused-ring (bicyclic) bond motifs is 1. The molecule has 0 aliphatic carbocycles. The zero-order chi connectivity index (χ0) is 18.9. The Bertz CT molecular complexity index is 821. The van der Waals surface area contributed by atoms with Gasteiger partial charge in [0.1, 0.15) is 0 Å². The second-order valence-corrected chi connectivity index (χ2v) is 8.91. The summed E-state index contributed by atoms with van der Waals surface area (Å²) in [5.74, 6) is -1.57. The molecule has 2 aliphatic heterocycles. The summed E-state index contributed by atoms with van der Waals surface area (Å²) in [5.41, 5.74) is 2.01. The Kier molecular flexibility index (Phi) is 5.34.